The van der Waals surface area contributed by atoms with Gasteiger partial charge >= 0.3 is 11.9 Å². The Morgan fingerprint density at radius 2 is 1.88 bits per heavy atom. The number of hydrogen-bond acceptors (Lipinski definition) is 4. The van der Waals surface area contributed by atoms with E-state index in [1.165, 1.54) is 24.3 Å². The van der Waals surface area contributed by atoms with Crippen LogP contribution in [0.15, 0.2) is 24.3 Å². The number of benzene rings is 1. The molecule has 0 aliphatic rings. The highest BCUT2D eigenvalue weighted by molar-refractivity contribution is 5.77. The molecule has 0 unspecified atom stereocenters. The van der Waals surface area contributed by atoms with E-state index in [0.717, 1.165) is 0 Å². The van der Waals surface area contributed by atoms with Crippen molar-refractivity contribution in [1.29, 1.82) is 0 Å². The number of nitrogens with one attached hydrogen (secondary N) is 1. The Morgan fingerprint density at radius 3 is 2.44 bits per heavy atom. The first-order valence-corrected chi connectivity index (χ1v) is 4.51. The average molecular weight is 227 g/mol. The highest BCUT2D eigenvalue weighted by Gasteiger charge is 2.06. The molecule has 16 heavy (non-hydrogen) atoms. The van der Waals surface area contributed by atoms with Crippen molar-refractivity contribution >= 4 is 17.6 Å². The number of carboxylic acids is 1. The molecule has 0 saturated carbocycles. The van der Waals surface area contributed by atoms with Gasteiger partial charge in [0.15, 0.2) is 0 Å². The van der Waals surface area contributed by atoms with Crippen molar-refractivity contribution in [2.45, 2.75) is 12.8 Å². The van der Waals surface area contributed by atoms with Gasteiger partial charge in [-0.3, -0.25) is 4.79 Å². The normalized spacial score (nSPS) is 9.56. The van der Waals surface area contributed by atoms with Gasteiger partial charge in [0.05, 0.1) is 18.5 Å². The molecule has 1 aromatic rings. The molecular weight excluding hydrogens is 217 g/mol. The van der Waals surface area contributed by atoms with Crippen LogP contribution in [0.3, 0.4) is 0 Å². The van der Waals surface area contributed by atoms with Gasteiger partial charge in [0.2, 0.25) is 0 Å². The van der Waals surface area contributed by atoms with E-state index in [9.17, 15) is 14.0 Å². The number of rotatable bonds is 5. The first-order chi connectivity index (χ1) is 7.58. The van der Waals surface area contributed by atoms with Crippen LogP contribution >= 0.6 is 0 Å². The molecule has 0 heterocycles. The summed E-state index contributed by atoms with van der Waals surface area (Å²) in [7, 11) is 0. The van der Waals surface area contributed by atoms with Crippen molar-refractivity contribution < 1.29 is 23.9 Å². The third-order valence-corrected chi connectivity index (χ3v) is 1.67. The molecule has 0 aliphatic carbocycles. The molecule has 6 heteroatoms. The quantitative estimate of drug-likeness (QED) is 0.746. The number of anilines is 1. The highest BCUT2D eigenvalue weighted by Crippen LogP contribution is 2.08. The predicted octanol–water partition coefficient (Wildman–Crippen LogP) is 1.56. The number of hydrogen-bond donors (Lipinski definition) is 2. The minimum absolute atomic E-state index is 0.219. The van der Waals surface area contributed by atoms with E-state index in [1.807, 2.05) is 0 Å². The number of carbonyl (C=O) groups is 2. The monoisotopic (exact) mass is 227 g/mol. The molecule has 5 nitrogen and oxygen atoms in total. The summed E-state index contributed by atoms with van der Waals surface area (Å²) in [5, 5.41) is 8.31. The Kier molecular flexibility index (Phi) is 4.26. The summed E-state index contributed by atoms with van der Waals surface area (Å²) < 4.78 is 12.5. The predicted molar refractivity (Wildman–Crippen MR) is 53.0 cm³/mol. The second kappa shape index (κ2) is 5.69. The summed E-state index contributed by atoms with van der Waals surface area (Å²) in [4.78, 5) is 25.7. The van der Waals surface area contributed by atoms with Crippen molar-refractivity contribution in [2.24, 2.45) is 0 Å². The molecule has 1 aromatic carbocycles. The van der Waals surface area contributed by atoms with Gasteiger partial charge in [-0.25, -0.2) is 14.7 Å². The molecular formula is C10H10FNO4. The van der Waals surface area contributed by atoms with Crippen LogP contribution < -0.4 is 5.48 Å². The third kappa shape index (κ3) is 4.41. The minimum Gasteiger partial charge on any atom is -0.481 e. The Morgan fingerprint density at radius 1 is 1.25 bits per heavy atom. The maximum Gasteiger partial charge on any atom is 0.332 e. The van der Waals surface area contributed by atoms with E-state index in [-0.39, 0.29) is 12.8 Å². The Balaban J connectivity index is 2.31. The van der Waals surface area contributed by atoms with Crippen molar-refractivity contribution in [1.82, 2.24) is 0 Å². The average Bonchev–Trinajstić information content (AvgIpc) is 2.25. The summed E-state index contributed by atoms with van der Waals surface area (Å²) in [5.41, 5.74) is 2.69. The van der Waals surface area contributed by atoms with Gasteiger partial charge in [-0.15, -0.1) is 0 Å². The lowest BCUT2D eigenvalue weighted by Crippen LogP contribution is -2.11. The fourth-order valence-corrected chi connectivity index (χ4v) is 0.894. The molecule has 1 rings (SSSR count). The maximum absolute atomic E-state index is 12.5. The summed E-state index contributed by atoms with van der Waals surface area (Å²) in [6.07, 6.45) is -0.506. The Labute approximate surface area is 90.8 Å². The van der Waals surface area contributed by atoms with Gasteiger partial charge in [-0.05, 0) is 24.3 Å². The van der Waals surface area contributed by atoms with Crippen LogP contribution in [-0.2, 0) is 14.4 Å². The maximum atomic E-state index is 12.5. The molecule has 0 saturated heterocycles. The molecule has 0 aliphatic heterocycles. The van der Waals surface area contributed by atoms with E-state index in [1.54, 1.807) is 0 Å². The molecule has 0 atom stereocenters. The third-order valence-electron chi connectivity index (χ3n) is 1.67. The lowest BCUT2D eigenvalue weighted by Gasteiger charge is -2.05. The van der Waals surface area contributed by atoms with Gasteiger partial charge < -0.3 is 9.94 Å². The summed E-state index contributed by atoms with van der Waals surface area (Å²) in [6, 6.07) is 5.18. The van der Waals surface area contributed by atoms with Crippen LogP contribution in [-0.4, -0.2) is 17.0 Å². The number of carbonyl (C=O) groups excluding carboxylic acids is 1. The van der Waals surface area contributed by atoms with Gasteiger partial charge in [-0.1, -0.05) is 0 Å². The second-order valence-electron chi connectivity index (χ2n) is 2.98. The van der Waals surface area contributed by atoms with Crippen LogP contribution in [0.4, 0.5) is 10.1 Å². The van der Waals surface area contributed by atoms with Gasteiger partial charge in [-0.2, -0.15) is 0 Å². The first-order valence-electron chi connectivity index (χ1n) is 4.51. The zero-order valence-corrected chi connectivity index (χ0v) is 8.27. The van der Waals surface area contributed by atoms with Gasteiger partial charge in [0.1, 0.15) is 5.82 Å². The van der Waals surface area contributed by atoms with E-state index >= 15 is 0 Å². The largest absolute Gasteiger partial charge is 0.481 e. The number of halogens is 1. The van der Waals surface area contributed by atoms with Crippen molar-refractivity contribution in [3.63, 3.8) is 0 Å². The van der Waals surface area contributed by atoms with Crippen molar-refractivity contribution in [3.8, 4) is 0 Å². The van der Waals surface area contributed by atoms with Crippen LogP contribution in [0.5, 0.6) is 0 Å². The SMILES string of the molecule is O=C(O)CCC(=O)ONc1ccc(F)cc1. The molecule has 86 valence electrons. The molecule has 0 aromatic heterocycles. The Hall–Kier alpha value is -2.11. The molecule has 0 amide bonds. The summed E-state index contributed by atoms with van der Waals surface area (Å²) in [6.45, 7) is 0. The molecule has 2 N–H and O–H groups in total. The van der Waals surface area contributed by atoms with Gasteiger partial charge in [0, 0.05) is 0 Å². The molecule has 0 bridgehead atoms. The topological polar surface area (TPSA) is 75.6 Å². The molecule has 0 spiro atoms. The second-order valence-corrected chi connectivity index (χ2v) is 2.98. The first kappa shape index (κ1) is 12.0. The summed E-state index contributed by atoms with van der Waals surface area (Å²) in [5.74, 6) is -2.16. The molecule has 0 fully saturated rings. The fourth-order valence-electron chi connectivity index (χ4n) is 0.894. The lowest BCUT2D eigenvalue weighted by molar-refractivity contribution is -0.145. The van der Waals surface area contributed by atoms with Crippen LogP contribution in [0.2, 0.25) is 0 Å². The van der Waals surface area contributed by atoms with E-state index in [4.69, 9.17) is 5.11 Å². The number of aliphatic carboxylic acids is 1. The zero-order chi connectivity index (χ0) is 12.0. The van der Waals surface area contributed by atoms with Crippen LogP contribution in [0.25, 0.3) is 0 Å². The van der Waals surface area contributed by atoms with E-state index < -0.39 is 17.8 Å². The van der Waals surface area contributed by atoms with Crippen molar-refractivity contribution in [3.05, 3.63) is 30.1 Å². The van der Waals surface area contributed by atoms with Crippen LogP contribution in [0, 0.1) is 5.82 Å². The summed E-state index contributed by atoms with van der Waals surface area (Å²) >= 11 is 0. The van der Waals surface area contributed by atoms with Crippen LogP contribution in [0.1, 0.15) is 12.8 Å². The zero-order valence-electron chi connectivity index (χ0n) is 8.27. The highest BCUT2D eigenvalue weighted by atomic mass is 19.1. The minimum atomic E-state index is -1.07. The van der Waals surface area contributed by atoms with E-state index in [0.29, 0.717) is 5.69 Å². The van der Waals surface area contributed by atoms with E-state index in [2.05, 4.69) is 10.3 Å². The van der Waals surface area contributed by atoms with Gasteiger partial charge in [0.25, 0.3) is 0 Å². The smallest absolute Gasteiger partial charge is 0.332 e. The fraction of sp³-hybridized carbons (Fsp3) is 0.200. The molecule has 0 radical (unpaired) electrons. The standard InChI is InChI=1S/C10H10FNO4/c11-7-1-3-8(4-2-7)12-16-10(15)6-5-9(13)14/h1-4,12H,5-6H2,(H,13,14). The number of carboxylic acid groups (broad SMARTS) is 1. The Bertz CT molecular complexity index is 377. The lowest BCUT2D eigenvalue weighted by atomic mass is 10.3. The van der Waals surface area contributed by atoms with Crippen molar-refractivity contribution in [2.75, 3.05) is 5.48 Å².